The normalized spacial score (nSPS) is 10.6. The van der Waals surface area contributed by atoms with Crippen molar-refractivity contribution in [1.29, 1.82) is 0 Å². The minimum absolute atomic E-state index is 0.213. The molecule has 1 aromatic heterocycles. The maximum Gasteiger partial charge on any atom is 0.328 e. The predicted molar refractivity (Wildman–Crippen MR) is 61.5 cm³/mol. The van der Waals surface area contributed by atoms with Crippen molar-refractivity contribution in [2.45, 2.75) is 13.5 Å². The molecule has 1 N–H and O–H groups in total. The number of halogens is 2. The highest BCUT2D eigenvalue weighted by atomic mass is 19.1. The van der Waals surface area contributed by atoms with Crippen LogP contribution in [0.3, 0.4) is 0 Å². The largest absolute Gasteiger partial charge is 0.328 e. The summed E-state index contributed by atoms with van der Waals surface area (Å²) in [7, 11) is 0. The predicted octanol–water partition coefficient (Wildman–Crippen LogP) is 1.17. The molecule has 0 aliphatic heterocycles. The highest BCUT2D eigenvalue weighted by molar-refractivity contribution is 5.20. The van der Waals surface area contributed by atoms with Crippen molar-refractivity contribution in [1.82, 2.24) is 9.55 Å². The number of nitrogens with zero attached hydrogens (tertiary/aromatic N) is 1. The Morgan fingerprint density at radius 1 is 1.22 bits per heavy atom. The quantitative estimate of drug-likeness (QED) is 0.872. The summed E-state index contributed by atoms with van der Waals surface area (Å²) in [5, 5.41) is 0. The summed E-state index contributed by atoms with van der Waals surface area (Å²) in [6.45, 7) is 1.26. The molecule has 6 heteroatoms. The highest BCUT2D eigenvalue weighted by Gasteiger charge is 2.11. The number of benzene rings is 1. The first-order valence-electron chi connectivity index (χ1n) is 5.22. The van der Waals surface area contributed by atoms with Gasteiger partial charge in [-0.15, -0.1) is 0 Å². The zero-order valence-electron chi connectivity index (χ0n) is 9.54. The number of aromatic amines is 1. The Balaban J connectivity index is 2.54. The smallest absolute Gasteiger partial charge is 0.293 e. The van der Waals surface area contributed by atoms with Gasteiger partial charge >= 0.3 is 5.69 Å². The Hall–Kier alpha value is -2.24. The topological polar surface area (TPSA) is 54.9 Å². The molecule has 1 aromatic carbocycles. The van der Waals surface area contributed by atoms with Gasteiger partial charge in [0, 0.05) is 17.3 Å². The molecular formula is C12H10F2N2O2. The number of hydrogen-bond donors (Lipinski definition) is 1. The number of H-pyrrole nitrogens is 1. The van der Waals surface area contributed by atoms with E-state index in [9.17, 15) is 18.4 Å². The molecule has 2 aromatic rings. The van der Waals surface area contributed by atoms with Crippen molar-refractivity contribution in [3.8, 4) is 0 Å². The zero-order valence-corrected chi connectivity index (χ0v) is 9.54. The van der Waals surface area contributed by atoms with Crippen LogP contribution in [0.4, 0.5) is 8.78 Å². The third-order valence-corrected chi connectivity index (χ3v) is 2.62. The molecule has 0 radical (unpaired) electrons. The van der Waals surface area contributed by atoms with Gasteiger partial charge in [0.15, 0.2) is 0 Å². The molecule has 1 heterocycles. The maximum atomic E-state index is 13.5. The van der Waals surface area contributed by atoms with E-state index in [-0.39, 0.29) is 12.1 Å². The van der Waals surface area contributed by atoms with Crippen LogP contribution in [0, 0.1) is 18.6 Å². The average molecular weight is 252 g/mol. The number of rotatable bonds is 2. The first-order valence-corrected chi connectivity index (χ1v) is 5.22. The van der Waals surface area contributed by atoms with E-state index in [1.165, 1.54) is 19.1 Å². The summed E-state index contributed by atoms with van der Waals surface area (Å²) in [6, 6.07) is 4.67. The van der Waals surface area contributed by atoms with E-state index in [0.717, 1.165) is 16.7 Å². The number of aryl methyl sites for hydroxylation is 1. The molecule has 0 aliphatic rings. The molecule has 0 spiro atoms. The first kappa shape index (κ1) is 12.2. The van der Waals surface area contributed by atoms with Crippen LogP contribution in [0.15, 0.2) is 33.9 Å². The van der Waals surface area contributed by atoms with Gasteiger partial charge in [-0.05, 0) is 19.1 Å². The molecule has 0 saturated heterocycles. The van der Waals surface area contributed by atoms with Crippen LogP contribution in [0.25, 0.3) is 0 Å². The lowest BCUT2D eigenvalue weighted by Gasteiger charge is -2.10. The SMILES string of the molecule is Cc1cc(=O)[nH]c(=O)n1Cc1c(F)cccc1F. The van der Waals surface area contributed by atoms with Crippen molar-refractivity contribution in [3.63, 3.8) is 0 Å². The van der Waals surface area contributed by atoms with Gasteiger partial charge in [-0.1, -0.05) is 6.07 Å². The van der Waals surface area contributed by atoms with E-state index in [1.54, 1.807) is 0 Å². The Morgan fingerprint density at radius 2 is 1.83 bits per heavy atom. The fraction of sp³-hybridized carbons (Fsp3) is 0.167. The lowest BCUT2D eigenvalue weighted by atomic mass is 10.2. The highest BCUT2D eigenvalue weighted by Crippen LogP contribution is 2.13. The Labute approximate surface area is 101 Å². The van der Waals surface area contributed by atoms with E-state index >= 15 is 0 Å². The molecule has 0 aliphatic carbocycles. The van der Waals surface area contributed by atoms with Gasteiger partial charge in [0.1, 0.15) is 11.6 Å². The fourth-order valence-electron chi connectivity index (χ4n) is 1.67. The van der Waals surface area contributed by atoms with Crippen LogP contribution in [0.5, 0.6) is 0 Å². The summed E-state index contributed by atoms with van der Waals surface area (Å²) in [5.41, 5.74) is -1.11. The molecule has 94 valence electrons. The number of aromatic nitrogens is 2. The van der Waals surface area contributed by atoms with Gasteiger partial charge in [-0.2, -0.15) is 0 Å². The van der Waals surface area contributed by atoms with Crippen molar-refractivity contribution >= 4 is 0 Å². The van der Waals surface area contributed by atoms with Gasteiger partial charge in [-0.25, -0.2) is 13.6 Å². The van der Waals surface area contributed by atoms with E-state index < -0.39 is 22.9 Å². The van der Waals surface area contributed by atoms with Crippen LogP contribution in [-0.2, 0) is 6.54 Å². The van der Waals surface area contributed by atoms with Gasteiger partial charge in [0.25, 0.3) is 5.56 Å². The fourth-order valence-corrected chi connectivity index (χ4v) is 1.67. The van der Waals surface area contributed by atoms with Gasteiger partial charge < -0.3 is 0 Å². The molecule has 0 bridgehead atoms. The molecule has 0 atom stereocenters. The number of hydrogen-bond acceptors (Lipinski definition) is 2. The third-order valence-electron chi connectivity index (χ3n) is 2.62. The van der Waals surface area contributed by atoms with E-state index in [1.807, 2.05) is 4.98 Å². The number of nitrogens with one attached hydrogen (secondary N) is 1. The first-order chi connectivity index (χ1) is 8.49. The summed E-state index contributed by atoms with van der Waals surface area (Å²) in [5.74, 6) is -1.46. The molecular weight excluding hydrogens is 242 g/mol. The zero-order chi connectivity index (χ0) is 13.3. The second kappa shape index (κ2) is 4.56. The molecule has 0 unspecified atom stereocenters. The molecule has 18 heavy (non-hydrogen) atoms. The minimum Gasteiger partial charge on any atom is -0.293 e. The van der Waals surface area contributed by atoms with Crippen molar-refractivity contribution < 1.29 is 8.78 Å². The summed E-state index contributed by atoms with van der Waals surface area (Å²) in [6.07, 6.45) is 0. The molecule has 0 amide bonds. The third kappa shape index (κ3) is 2.22. The second-order valence-corrected chi connectivity index (χ2v) is 3.87. The second-order valence-electron chi connectivity index (χ2n) is 3.87. The molecule has 2 rings (SSSR count). The molecule has 4 nitrogen and oxygen atoms in total. The van der Waals surface area contributed by atoms with E-state index in [0.29, 0.717) is 5.69 Å². The minimum atomic E-state index is -0.729. The van der Waals surface area contributed by atoms with Crippen molar-refractivity contribution in [2.24, 2.45) is 0 Å². The average Bonchev–Trinajstić information content (AvgIpc) is 2.26. The van der Waals surface area contributed by atoms with Crippen molar-refractivity contribution in [3.05, 3.63) is 68.0 Å². The van der Waals surface area contributed by atoms with Crippen LogP contribution in [0.2, 0.25) is 0 Å². The standard InChI is InChI=1S/C12H10F2N2O2/c1-7-5-11(17)15-12(18)16(7)6-8-9(13)3-2-4-10(8)14/h2-5H,6H2,1H3,(H,15,17,18). The van der Waals surface area contributed by atoms with Crippen LogP contribution < -0.4 is 11.2 Å². The Bertz CT molecular complexity index is 684. The van der Waals surface area contributed by atoms with Crippen LogP contribution in [-0.4, -0.2) is 9.55 Å². The lowest BCUT2D eigenvalue weighted by Crippen LogP contribution is -2.31. The van der Waals surface area contributed by atoms with E-state index in [2.05, 4.69) is 0 Å². The van der Waals surface area contributed by atoms with Gasteiger partial charge in [-0.3, -0.25) is 14.3 Å². The Morgan fingerprint density at radius 3 is 2.39 bits per heavy atom. The van der Waals surface area contributed by atoms with Gasteiger partial charge in [0.2, 0.25) is 0 Å². The molecule has 0 fully saturated rings. The Kier molecular flexibility index (Phi) is 3.10. The van der Waals surface area contributed by atoms with Gasteiger partial charge in [0.05, 0.1) is 6.54 Å². The monoisotopic (exact) mass is 252 g/mol. The van der Waals surface area contributed by atoms with Crippen molar-refractivity contribution in [2.75, 3.05) is 0 Å². The van der Waals surface area contributed by atoms with E-state index in [4.69, 9.17) is 0 Å². The lowest BCUT2D eigenvalue weighted by molar-refractivity contribution is 0.536. The molecule has 0 saturated carbocycles. The van der Waals surface area contributed by atoms with Crippen LogP contribution in [0.1, 0.15) is 11.3 Å². The maximum absolute atomic E-state index is 13.5. The summed E-state index contributed by atoms with van der Waals surface area (Å²) >= 11 is 0. The summed E-state index contributed by atoms with van der Waals surface area (Å²) < 4.78 is 28.0. The van der Waals surface area contributed by atoms with Crippen LogP contribution >= 0.6 is 0 Å². The summed E-state index contributed by atoms with van der Waals surface area (Å²) in [4.78, 5) is 24.6.